The van der Waals surface area contributed by atoms with Crippen molar-refractivity contribution in [2.75, 3.05) is 5.32 Å². The molecule has 2 aromatic rings. The summed E-state index contributed by atoms with van der Waals surface area (Å²) in [5, 5.41) is 3.47. The molecular formula is C13H8Cl2F3N. The molecule has 2 rings (SSSR count). The summed E-state index contributed by atoms with van der Waals surface area (Å²) in [6.45, 7) is 0.0964. The van der Waals surface area contributed by atoms with E-state index in [1.54, 1.807) is 18.2 Å². The maximum Gasteiger partial charge on any atom is 0.182 e. The van der Waals surface area contributed by atoms with Gasteiger partial charge in [-0.05, 0) is 23.8 Å². The van der Waals surface area contributed by atoms with Crippen molar-refractivity contribution in [3.8, 4) is 0 Å². The van der Waals surface area contributed by atoms with Gasteiger partial charge >= 0.3 is 0 Å². The Balaban J connectivity index is 2.21. The Kier molecular flexibility index (Phi) is 4.22. The molecule has 0 fully saturated rings. The highest BCUT2D eigenvalue weighted by Gasteiger charge is 2.11. The van der Waals surface area contributed by atoms with Gasteiger partial charge in [-0.3, -0.25) is 0 Å². The van der Waals surface area contributed by atoms with E-state index in [1.807, 2.05) is 0 Å². The first kappa shape index (κ1) is 14.0. The van der Waals surface area contributed by atoms with Gasteiger partial charge in [0.15, 0.2) is 11.6 Å². The second kappa shape index (κ2) is 5.72. The number of hydrogen-bond donors (Lipinski definition) is 1. The molecule has 0 unspecified atom stereocenters. The molecule has 0 saturated heterocycles. The van der Waals surface area contributed by atoms with Crippen LogP contribution in [-0.4, -0.2) is 0 Å². The van der Waals surface area contributed by atoms with Crippen molar-refractivity contribution in [1.82, 2.24) is 0 Å². The van der Waals surface area contributed by atoms with Crippen LogP contribution in [0.5, 0.6) is 0 Å². The van der Waals surface area contributed by atoms with Crippen LogP contribution in [0.1, 0.15) is 5.56 Å². The number of rotatable bonds is 3. The molecule has 0 amide bonds. The molecule has 0 aliphatic carbocycles. The maximum atomic E-state index is 13.4. The Morgan fingerprint density at radius 1 is 1.00 bits per heavy atom. The fourth-order valence-electron chi connectivity index (χ4n) is 1.55. The summed E-state index contributed by atoms with van der Waals surface area (Å²) in [6.07, 6.45) is 0. The van der Waals surface area contributed by atoms with Crippen molar-refractivity contribution in [2.24, 2.45) is 0 Å². The van der Waals surface area contributed by atoms with Crippen molar-refractivity contribution >= 4 is 28.9 Å². The third kappa shape index (κ3) is 3.33. The van der Waals surface area contributed by atoms with Crippen LogP contribution in [0, 0.1) is 17.5 Å². The van der Waals surface area contributed by atoms with Crippen LogP contribution in [0.4, 0.5) is 18.9 Å². The number of halogens is 5. The van der Waals surface area contributed by atoms with E-state index in [1.165, 1.54) is 0 Å². The van der Waals surface area contributed by atoms with Crippen LogP contribution in [0.2, 0.25) is 10.0 Å². The van der Waals surface area contributed by atoms with Gasteiger partial charge in [0, 0.05) is 28.7 Å². The topological polar surface area (TPSA) is 12.0 Å². The minimum atomic E-state index is -1.25. The average Bonchev–Trinajstić information content (AvgIpc) is 2.35. The number of anilines is 1. The summed E-state index contributed by atoms with van der Waals surface area (Å²) >= 11 is 11.7. The predicted molar refractivity (Wildman–Crippen MR) is 70.1 cm³/mol. The highest BCUT2D eigenvalue weighted by atomic mass is 35.5. The molecule has 0 heterocycles. The molecule has 1 nitrogen and oxygen atoms in total. The van der Waals surface area contributed by atoms with E-state index in [4.69, 9.17) is 23.2 Å². The number of hydrogen-bond acceptors (Lipinski definition) is 1. The Hall–Kier alpha value is -1.39. The highest BCUT2D eigenvalue weighted by molar-refractivity contribution is 6.33. The number of nitrogens with one attached hydrogen (secondary N) is 1. The Labute approximate surface area is 118 Å². The smallest absolute Gasteiger partial charge is 0.182 e. The van der Waals surface area contributed by atoms with Gasteiger partial charge in [0.05, 0.1) is 5.69 Å². The van der Waals surface area contributed by atoms with E-state index in [0.29, 0.717) is 21.7 Å². The molecule has 6 heteroatoms. The highest BCUT2D eigenvalue weighted by Crippen LogP contribution is 2.24. The quantitative estimate of drug-likeness (QED) is 0.785. The normalized spacial score (nSPS) is 10.6. The van der Waals surface area contributed by atoms with Crippen LogP contribution < -0.4 is 5.32 Å². The van der Waals surface area contributed by atoms with Gasteiger partial charge in [-0.2, -0.15) is 0 Å². The zero-order valence-corrected chi connectivity index (χ0v) is 11.0. The molecule has 0 radical (unpaired) electrons. The first-order chi connectivity index (χ1) is 8.97. The standard InChI is InChI=1S/C13H8Cl2F3N/c14-8-1-2-10(15)7(3-8)6-19-12-5-9(16)4-11(17)13(12)18/h1-5,19H,6H2. The van der Waals surface area contributed by atoms with Gasteiger partial charge < -0.3 is 5.32 Å². The lowest BCUT2D eigenvalue weighted by molar-refractivity contribution is 0.497. The van der Waals surface area contributed by atoms with Crippen molar-refractivity contribution in [3.05, 3.63) is 63.4 Å². The summed E-state index contributed by atoms with van der Waals surface area (Å²) in [5.41, 5.74) is 0.326. The van der Waals surface area contributed by atoms with Gasteiger partial charge in [-0.15, -0.1) is 0 Å². The molecular weight excluding hydrogens is 298 g/mol. The Morgan fingerprint density at radius 3 is 2.47 bits per heavy atom. The molecule has 0 spiro atoms. The third-order valence-electron chi connectivity index (χ3n) is 2.47. The summed E-state index contributed by atoms with van der Waals surface area (Å²) in [4.78, 5) is 0. The van der Waals surface area contributed by atoms with Crippen LogP contribution in [-0.2, 0) is 6.54 Å². The third-order valence-corrected chi connectivity index (χ3v) is 3.07. The minimum Gasteiger partial charge on any atom is -0.378 e. The first-order valence-corrected chi connectivity index (χ1v) is 6.05. The van der Waals surface area contributed by atoms with Crippen molar-refractivity contribution in [3.63, 3.8) is 0 Å². The monoisotopic (exact) mass is 305 g/mol. The molecule has 0 saturated carbocycles. The summed E-state index contributed by atoms with van der Waals surface area (Å²) in [5.74, 6) is -3.25. The van der Waals surface area contributed by atoms with Crippen LogP contribution in [0.3, 0.4) is 0 Å². The van der Waals surface area contributed by atoms with E-state index >= 15 is 0 Å². The van der Waals surface area contributed by atoms with E-state index in [-0.39, 0.29) is 12.2 Å². The van der Waals surface area contributed by atoms with Crippen LogP contribution >= 0.6 is 23.2 Å². The molecule has 0 aromatic heterocycles. The van der Waals surface area contributed by atoms with E-state index in [2.05, 4.69) is 5.32 Å². The van der Waals surface area contributed by atoms with Gasteiger partial charge in [-0.25, -0.2) is 13.2 Å². The summed E-state index contributed by atoms with van der Waals surface area (Å²) in [6, 6.07) is 6.13. The Morgan fingerprint density at radius 2 is 1.74 bits per heavy atom. The van der Waals surface area contributed by atoms with E-state index in [0.717, 1.165) is 6.07 Å². The minimum absolute atomic E-state index is 0.0964. The molecule has 0 bridgehead atoms. The molecule has 1 N–H and O–H groups in total. The molecule has 2 aromatic carbocycles. The van der Waals surface area contributed by atoms with E-state index < -0.39 is 17.5 Å². The lowest BCUT2D eigenvalue weighted by Crippen LogP contribution is -2.04. The van der Waals surface area contributed by atoms with Crippen molar-refractivity contribution in [2.45, 2.75) is 6.54 Å². The average molecular weight is 306 g/mol. The SMILES string of the molecule is Fc1cc(F)c(F)c(NCc2cc(Cl)ccc2Cl)c1. The lowest BCUT2D eigenvalue weighted by Gasteiger charge is -2.10. The summed E-state index contributed by atoms with van der Waals surface area (Å²) < 4.78 is 39.4. The molecule has 0 aliphatic rings. The predicted octanol–water partition coefficient (Wildman–Crippen LogP) is 5.02. The largest absolute Gasteiger partial charge is 0.378 e. The summed E-state index contributed by atoms with van der Waals surface area (Å²) in [7, 11) is 0. The fraction of sp³-hybridized carbons (Fsp3) is 0.0769. The van der Waals surface area contributed by atoms with Gasteiger partial charge in [0.25, 0.3) is 0 Å². The van der Waals surface area contributed by atoms with Gasteiger partial charge in [0.2, 0.25) is 0 Å². The van der Waals surface area contributed by atoms with E-state index in [9.17, 15) is 13.2 Å². The maximum absolute atomic E-state index is 13.4. The zero-order valence-electron chi connectivity index (χ0n) is 9.48. The number of benzene rings is 2. The lowest BCUT2D eigenvalue weighted by atomic mass is 10.2. The second-order valence-corrected chi connectivity index (χ2v) is 4.68. The molecule has 0 atom stereocenters. The van der Waals surface area contributed by atoms with Gasteiger partial charge in [-0.1, -0.05) is 23.2 Å². The second-order valence-electron chi connectivity index (χ2n) is 3.84. The Bertz CT molecular complexity index is 617. The first-order valence-electron chi connectivity index (χ1n) is 5.29. The van der Waals surface area contributed by atoms with Gasteiger partial charge in [0.1, 0.15) is 5.82 Å². The fourth-order valence-corrected chi connectivity index (χ4v) is 1.93. The molecule has 100 valence electrons. The van der Waals surface area contributed by atoms with Crippen molar-refractivity contribution in [1.29, 1.82) is 0 Å². The molecule has 0 aliphatic heterocycles. The molecule has 19 heavy (non-hydrogen) atoms. The van der Waals surface area contributed by atoms with Crippen molar-refractivity contribution < 1.29 is 13.2 Å². The van der Waals surface area contributed by atoms with Crippen LogP contribution in [0.15, 0.2) is 30.3 Å². The zero-order chi connectivity index (χ0) is 14.0. The van der Waals surface area contributed by atoms with Crippen LogP contribution in [0.25, 0.3) is 0 Å².